The lowest BCUT2D eigenvalue weighted by molar-refractivity contribution is -0.126. The maximum Gasteiger partial charge on any atom is 0.224 e. The van der Waals surface area contributed by atoms with Crippen LogP contribution in [0.3, 0.4) is 0 Å². The summed E-state index contributed by atoms with van der Waals surface area (Å²) in [5, 5.41) is 4.50. The topological polar surface area (TPSA) is 32.3 Å². The van der Waals surface area contributed by atoms with Crippen LogP contribution in [0, 0.1) is 12.8 Å². The minimum absolute atomic E-state index is 0.0344. The lowest BCUT2D eigenvalue weighted by Crippen LogP contribution is -2.43. The molecule has 0 saturated carbocycles. The normalized spacial score (nSPS) is 17.3. The number of carbonyl (C=O) groups excluding carboxylic acids is 1. The largest absolute Gasteiger partial charge is 0.355 e. The van der Waals surface area contributed by atoms with Crippen molar-refractivity contribution in [1.29, 1.82) is 0 Å². The van der Waals surface area contributed by atoms with Gasteiger partial charge in [-0.05, 0) is 44.0 Å². The Morgan fingerprint density at radius 3 is 2.62 bits per heavy atom. The SMILES string of the molecule is Cc1ccc(CSCCNC(=O)C2CCCN(Cc3c(Cl)cccc3Cl)C2)cc1. The van der Waals surface area contributed by atoms with Crippen molar-refractivity contribution in [2.24, 2.45) is 5.92 Å². The average molecular weight is 451 g/mol. The molecule has 3 nitrogen and oxygen atoms in total. The van der Waals surface area contributed by atoms with Gasteiger partial charge in [0.1, 0.15) is 0 Å². The molecule has 1 N–H and O–H groups in total. The van der Waals surface area contributed by atoms with Gasteiger partial charge in [-0.25, -0.2) is 0 Å². The van der Waals surface area contributed by atoms with Gasteiger partial charge in [-0.3, -0.25) is 9.69 Å². The summed E-state index contributed by atoms with van der Waals surface area (Å²) in [4.78, 5) is 14.9. The fourth-order valence-electron chi connectivity index (χ4n) is 3.59. The number of halogens is 2. The smallest absolute Gasteiger partial charge is 0.224 e. The molecule has 1 aliphatic rings. The van der Waals surface area contributed by atoms with Crippen LogP contribution in [-0.4, -0.2) is 36.2 Å². The van der Waals surface area contributed by atoms with Gasteiger partial charge in [-0.1, -0.05) is 59.1 Å². The second-order valence-electron chi connectivity index (χ2n) is 7.60. The van der Waals surface area contributed by atoms with Gasteiger partial charge in [0.25, 0.3) is 0 Å². The third kappa shape index (κ3) is 6.92. The molecule has 1 amide bonds. The van der Waals surface area contributed by atoms with Gasteiger partial charge >= 0.3 is 0 Å². The van der Waals surface area contributed by atoms with Crippen molar-refractivity contribution in [1.82, 2.24) is 10.2 Å². The fraction of sp³-hybridized carbons (Fsp3) is 0.435. The van der Waals surface area contributed by atoms with Crippen molar-refractivity contribution >= 4 is 40.9 Å². The Bertz CT molecular complexity index is 793. The second kappa shape index (κ2) is 11.3. The van der Waals surface area contributed by atoms with E-state index < -0.39 is 0 Å². The standard InChI is InChI=1S/C23H28Cl2N2OS/c1-17-7-9-18(10-8-17)16-29-13-11-26-23(28)19-4-3-12-27(14-19)15-20-21(24)5-2-6-22(20)25/h2,5-10,19H,3-4,11-16H2,1H3,(H,26,28). The van der Waals surface area contributed by atoms with E-state index in [0.717, 1.165) is 43.0 Å². The number of rotatable bonds is 8. The van der Waals surface area contributed by atoms with Crippen molar-refractivity contribution in [2.75, 3.05) is 25.4 Å². The first kappa shape index (κ1) is 22.5. The third-order valence-corrected chi connectivity index (χ3v) is 6.99. The van der Waals surface area contributed by atoms with Crippen LogP contribution >= 0.6 is 35.0 Å². The van der Waals surface area contributed by atoms with E-state index in [0.29, 0.717) is 23.1 Å². The molecule has 1 unspecified atom stereocenters. The monoisotopic (exact) mass is 450 g/mol. The van der Waals surface area contributed by atoms with E-state index in [4.69, 9.17) is 23.2 Å². The lowest BCUT2D eigenvalue weighted by atomic mass is 9.96. The Kier molecular flexibility index (Phi) is 8.73. The Morgan fingerprint density at radius 2 is 1.90 bits per heavy atom. The summed E-state index contributed by atoms with van der Waals surface area (Å²) >= 11 is 14.5. The number of amides is 1. The molecule has 1 heterocycles. The fourth-order valence-corrected chi connectivity index (χ4v) is 4.92. The summed E-state index contributed by atoms with van der Waals surface area (Å²) in [6.45, 7) is 5.22. The molecule has 2 aromatic carbocycles. The quantitative estimate of drug-likeness (QED) is 0.533. The predicted octanol–water partition coefficient (Wildman–Crippen LogP) is 5.56. The molecule has 1 fully saturated rings. The first-order chi connectivity index (χ1) is 14.0. The summed E-state index contributed by atoms with van der Waals surface area (Å²) in [6.07, 6.45) is 1.96. The molecule has 1 aliphatic heterocycles. The summed E-state index contributed by atoms with van der Waals surface area (Å²) in [7, 11) is 0. The molecule has 0 bridgehead atoms. The molecule has 0 aromatic heterocycles. The van der Waals surface area contributed by atoms with E-state index >= 15 is 0 Å². The van der Waals surface area contributed by atoms with Crippen LogP contribution in [0.25, 0.3) is 0 Å². The van der Waals surface area contributed by atoms with Crippen molar-refractivity contribution in [3.05, 3.63) is 69.2 Å². The summed E-state index contributed by atoms with van der Waals surface area (Å²) < 4.78 is 0. The molecule has 2 aromatic rings. The molecule has 0 spiro atoms. The van der Waals surface area contributed by atoms with Crippen LogP contribution in [0.15, 0.2) is 42.5 Å². The van der Waals surface area contributed by atoms with Gasteiger partial charge in [0.05, 0.1) is 5.92 Å². The highest BCUT2D eigenvalue weighted by Gasteiger charge is 2.26. The number of nitrogens with zero attached hydrogens (tertiary/aromatic N) is 1. The van der Waals surface area contributed by atoms with Crippen LogP contribution in [0.1, 0.15) is 29.5 Å². The van der Waals surface area contributed by atoms with Crippen molar-refractivity contribution in [2.45, 2.75) is 32.1 Å². The van der Waals surface area contributed by atoms with Crippen molar-refractivity contribution in [3.63, 3.8) is 0 Å². The summed E-state index contributed by atoms with van der Waals surface area (Å²) in [5.74, 6) is 2.10. The molecular weight excluding hydrogens is 423 g/mol. The number of likely N-dealkylation sites (tertiary alicyclic amines) is 1. The van der Waals surface area contributed by atoms with Gasteiger partial charge in [-0.15, -0.1) is 0 Å². The van der Waals surface area contributed by atoms with Crippen LogP contribution in [-0.2, 0) is 17.1 Å². The zero-order valence-corrected chi connectivity index (χ0v) is 19.1. The van der Waals surface area contributed by atoms with Crippen molar-refractivity contribution < 1.29 is 4.79 Å². The van der Waals surface area contributed by atoms with Gasteiger partial charge in [0, 0.05) is 46.7 Å². The zero-order chi connectivity index (χ0) is 20.6. The number of benzene rings is 2. The Hall–Kier alpha value is -1.20. The van der Waals surface area contributed by atoms with Gasteiger partial charge < -0.3 is 5.32 Å². The first-order valence-electron chi connectivity index (χ1n) is 10.1. The molecule has 29 heavy (non-hydrogen) atoms. The lowest BCUT2D eigenvalue weighted by Gasteiger charge is -2.32. The molecule has 1 saturated heterocycles. The van der Waals surface area contributed by atoms with E-state index in [9.17, 15) is 4.79 Å². The maximum absolute atomic E-state index is 12.6. The summed E-state index contributed by atoms with van der Waals surface area (Å²) in [5.41, 5.74) is 3.56. The van der Waals surface area contributed by atoms with Crippen LogP contribution in [0.2, 0.25) is 10.0 Å². The number of thioether (sulfide) groups is 1. The number of carbonyl (C=O) groups is 1. The van der Waals surface area contributed by atoms with Crippen molar-refractivity contribution in [3.8, 4) is 0 Å². The molecular formula is C23H28Cl2N2OS. The molecule has 0 aliphatic carbocycles. The average Bonchev–Trinajstić information content (AvgIpc) is 2.72. The molecule has 0 radical (unpaired) electrons. The Balaban J connectivity index is 1.39. The molecule has 156 valence electrons. The summed E-state index contributed by atoms with van der Waals surface area (Å²) in [6, 6.07) is 14.2. The molecule has 3 rings (SSSR count). The minimum Gasteiger partial charge on any atom is -0.355 e. The van der Waals surface area contributed by atoms with Gasteiger partial charge in [-0.2, -0.15) is 11.8 Å². The number of nitrogens with one attached hydrogen (secondary N) is 1. The number of hydrogen-bond acceptors (Lipinski definition) is 3. The van der Waals surface area contributed by atoms with E-state index in [2.05, 4.69) is 41.4 Å². The van der Waals surface area contributed by atoms with E-state index in [1.807, 2.05) is 30.0 Å². The first-order valence-corrected chi connectivity index (χ1v) is 12.0. The Labute approximate surface area is 188 Å². The number of aryl methyl sites for hydroxylation is 1. The third-order valence-electron chi connectivity index (χ3n) is 5.25. The molecule has 6 heteroatoms. The van der Waals surface area contributed by atoms with Gasteiger partial charge in [0.2, 0.25) is 5.91 Å². The minimum atomic E-state index is 0.0344. The maximum atomic E-state index is 12.6. The Morgan fingerprint density at radius 1 is 1.17 bits per heavy atom. The molecule has 1 atom stereocenters. The van der Waals surface area contributed by atoms with E-state index in [-0.39, 0.29) is 11.8 Å². The highest BCUT2D eigenvalue weighted by Crippen LogP contribution is 2.27. The van der Waals surface area contributed by atoms with E-state index in [1.165, 1.54) is 11.1 Å². The highest BCUT2D eigenvalue weighted by atomic mass is 35.5. The van der Waals surface area contributed by atoms with Crippen LogP contribution < -0.4 is 5.32 Å². The second-order valence-corrected chi connectivity index (χ2v) is 9.52. The van der Waals surface area contributed by atoms with Crippen LogP contribution in [0.5, 0.6) is 0 Å². The van der Waals surface area contributed by atoms with Gasteiger partial charge in [0.15, 0.2) is 0 Å². The predicted molar refractivity (Wildman–Crippen MR) is 125 cm³/mol. The van der Waals surface area contributed by atoms with E-state index in [1.54, 1.807) is 0 Å². The zero-order valence-electron chi connectivity index (χ0n) is 16.8. The number of hydrogen-bond donors (Lipinski definition) is 1. The number of piperidine rings is 1. The highest BCUT2D eigenvalue weighted by molar-refractivity contribution is 7.98. The van der Waals surface area contributed by atoms with Crippen LogP contribution in [0.4, 0.5) is 0 Å².